The summed E-state index contributed by atoms with van der Waals surface area (Å²) >= 11 is 0. The van der Waals surface area contributed by atoms with Gasteiger partial charge < -0.3 is 19.9 Å². The molecule has 1 N–H and O–H groups in total. The summed E-state index contributed by atoms with van der Waals surface area (Å²) in [6.45, 7) is 2.78. The van der Waals surface area contributed by atoms with Crippen molar-refractivity contribution in [2.24, 2.45) is 0 Å². The van der Waals surface area contributed by atoms with Crippen LogP contribution in [0.15, 0.2) is 30.3 Å². The fourth-order valence-electron chi connectivity index (χ4n) is 3.80. The Bertz CT molecular complexity index is 585. The van der Waals surface area contributed by atoms with Crippen LogP contribution >= 0.6 is 0 Å². The summed E-state index contributed by atoms with van der Waals surface area (Å²) in [5, 5.41) is 3.09. The van der Waals surface area contributed by atoms with Crippen molar-refractivity contribution < 1.29 is 14.3 Å². The Hall–Kier alpha value is -2.24. The topological polar surface area (TPSA) is 61.9 Å². The zero-order chi connectivity index (χ0) is 17.6. The number of piperidine rings is 2. The molecule has 6 nitrogen and oxygen atoms in total. The van der Waals surface area contributed by atoms with Crippen LogP contribution in [-0.4, -0.2) is 61.3 Å². The minimum atomic E-state index is -0.317. The summed E-state index contributed by atoms with van der Waals surface area (Å²) in [4.78, 5) is 27.7. The van der Waals surface area contributed by atoms with Gasteiger partial charge in [0.15, 0.2) is 0 Å². The van der Waals surface area contributed by atoms with Gasteiger partial charge >= 0.3 is 12.1 Å². The van der Waals surface area contributed by atoms with Gasteiger partial charge in [0, 0.05) is 32.2 Å². The van der Waals surface area contributed by atoms with Crippen molar-refractivity contribution in [2.75, 3.05) is 33.3 Å². The summed E-state index contributed by atoms with van der Waals surface area (Å²) < 4.78 is 4.78. The number of ether oxygens (including phenoxy) is 1. The minimum Gasteiger partial charge on any atom is -0.453 e. The normalized spacial score (nSPS) is 21.7. The summed E-state index contributed by atoms with van der Waals surface area (Å²) in [5.41, 5.74) is 1.36. The van der Waals surface area contributed by atoms with Crippen LogP contribution in [0.1, 0.15) is 37.2 Å². The molecule has 3 rings (SSSR count). The first-order chi connectivity index (χ1) is 12.2. The van der Waals surface area contributed by atoms with Crippen LogP contribution in [0.25, 0.3) is 0 Å². The Morgan fingerprint density at radius 1 is 1.04 bits per heavy atom. The lowest BCUT2D eigenvalue weighted by Crippen LogP contribution is -2.53. The third-order valence-corrected chi connectivity index (χ3v) is 5.23. The lowest BCUT2D eigenvalue weighted by atomic mass is 9.89. The van der Waals surface area contributed by atoms with Crippen molar-refractivity contribution in [2.45, 2.75) is 37.6 Å². The van der Waals surface area contributed by atoms with Gasteiger partial charge in [0.2, 0.25) is 0 Å². The van der Waals surface area contributed by atoms with Gasteiger partial charge in [-0.05, 0) is 37.2 Å². The van der Waals surface area contributed by atoms with E-state index in [-0.39, 0.29) is 18.2 Å². The third kappa shape index (κ3) is 4.44. The standard InChI is InChI=1S/C19H27N3O3/c1-25-19(24)22-11-5-8-17(14-22)20-18(23)21-12-9-16(10-13-21)15-6-3-2-4-7-15/h2-4,6-7,16-17H,5,8-14H2,1H3,(H,20,23)/t17-/m1/s1. The van der Waals surface area contributed by atoms with Gasteiger partial charge in [0.1, 0.15) is 0 Å². The van der Waals surface area contributed by atoms with E-state index in [0.29, 0.717) is 19.0 Å². The number of methoxy groups -OCH3 is 1. The first kappa shape index (κ1) is 17.6. The SMILES string of the molecule is COC(=O)N1CCC[C@@H](NC(=O)N2CCC(c3ccccc3)CC2)C1. The van der Waals surface area contributed by atoms with E-state index in [0.717, 1.165) is 38.8 Å². The van der Waals surface area contributed by atoms with E-state index in [9.17, 15) is 9.59 Å². The van der Waals surface area contributed by atoms with Crippen molar-refractivity contribution in [3.05, 3.63) is 35.9 Å². The molecule has 6 heteroatoms. The summed E-state index contributed by atoms with van der Waals surface area (Å²) in [5.74, 6) is 0.537. The maximum absolute atomic E-state index is 12.5. The molecule has 0 spiro atoms. The maximum Gasteiger partial charge on any atom is 0.409 e. The van der Waals surface area contributed by atoms with Crippen molar-refractivity contribution in [1.29, 1.82) is 0 Å². The van der Waals surface area contributed by atoms with Crippen LogP contribution in [0.2, 0.25) is 0 Å². The van der Waals surface area contributed by atoms with Gasteiger partial charge in [-0.3, -0.25) is 0 Å². The van der Waals surface area contributed by atoms with E-state index < -0.39 is 0 Å². The molecule has 0 radical (unpaired) electrons. The summed E-state index contributed by atoms with van der Waals surface area (Å²) in [7, 11) is 1.39. The number of hydrogen-bond donors (Lipinski definition) is 1. The molecular formula is C19H27N3O3. The van der Waals surface area contributed by atoms with Gasteiger partial charge in [-0.1, -0.05) is 30.3 Å². The number of urea groups is 1. The van der Waals surface area contributed by atoms with Gasteiger partial charge in [0.25, 0.3) is 0 Å². The Labute approximate surface area is 149 Å². The Morgan fingerprint density at radius 3 is 2.44 bits per heavy atom. The summed E-state index contributed by atoms with van der Waals surface area (Å²) in [6.07, 6.45) is 3.46. The molecule has 3 amide bonds. The van der Waals surface area contributed by atoms with Crippen molar-refractivity contribution in [3.63, 3.8) is 0 Å². The highest BCUT2D eigenvalue weighted by atomic mass is 16.5. The molecule has 0 bridgehead atoms. The first-order valence-electron chi connectivity index (χ1n) is 9.10. The predicted octanol–water partition coefficient (Wildman–Crippen LogP) is 2.81. The molecule has 1 aromatic carbocycles. The number of nitrogens with zero attached hydrogens (tertiary/aromatic N) is 2. The average molecular weight is 345 g/mol. The predicted molar refractivity (Wildman–Crippen MR) is 95.5 cm³/mol. The molecule has 0 saturated carbocycles. The highest BCUT2D eigenvalue weighted by molar-refractivity contribution is 5.75. The van der Waals surface area contributed by atoms with Crippen LogP contribution in [0, 0.1) is 0 Å². The minimum absolute atomic E-state index is 0.00666. The number of carbonyl (C=O) groups excluding carboxylic acids is 2. The van der Waals surface area contributed by atoms with Crippen LogP contribution in [0.5, 0.6) is 0 Å². The molecule has 1 aromatic rings. The monoisotopic (exact) mass is 345 g/mol. The molecule has 2 fully saturated rings. The van der Waals surface area contributed by atoms with E-state index in [2.05, 4.69) is 29.6 Å². The molecule has 0 aromatic heterocycles. The number of hydrogen-bond acceptors (Lipinski definition) is 3. The second kappa shape index (κ2) is 8.23. The lowest BCUT2D eigenvalue weighted by Gasteiger charge is -2.36. The zero-order valence-corrected chi connectivity index (χ0v) is 14.8. The number of likely N-dealkylation sites (tertiary alicyclic amines) is 2. The largest absolute Gasteiger partial charge is 0.453 e. The van der Waals surface area contributed by atoms with Crippen LogP contribution in [0.4, 0.5) is 9.59 Å². The molecule has 25 heavy (non-hydrogen) atoms. The highest BCUT2D eigenvalue weighted by Crippen LogP contribution is 2.27. The lowest BCUT2D eigenvalue weighted by molar-refractivity contribution is 0.106. The fraction of sp³-hybridized carbons (Fsp3) is 0.579. The van der Waals surface area contributed by atoms with E-state index in [1.165, 1.54) is 12.7 Å². The number of amides is 3. The van der Waals surface area contributed by atoms with Gasteiger partial charge in [-0.2, -0.15) is 0 Å². The smallest absolute Gasteiger partial charge is 0.409 e. The zero-order valence-electron chi connectivity index (χ0n) is 14.8. The fourth-order valence-corrected chi connectivity index (χ4v) is 3.80. The number of nitrogens with one attached hydrogen (secondary N) is 1. The van der Waals surface area contributed by atoms with Crippen molar-refractivity contribution in [3.8, 4) is 0 Å². The van der Waals surface area contributed by atoms with Gasteiger partial charge in [-0.15, -0.1) is 0 Å². The molecule has 1 atom stereocenters. The van der Waals surface area contributed by atoms with E-state index >= 15 is 0 Å². The van der Waals surface area contributed by atoms with Crippen molar-refractivity contribution >= 4 is 12.1 Å². The number of benzene rings is 1. The Morgan fingerprint density at radius 2 is 1.76 bits per heavy atom. The highest BCUT2D eigenvalue weighted by Gasteiger charge is 2.28. The van der Waals surface area contributed by atoms with Crippen LogP contribution < -0.4 is 5.32 Å². The van der Waals surface area contributed by atoms with Gasteiger partial charge in [0.05, 0.1) is 7.11 Å². The molecule has 136 valence electrons. The average Bonchev–Trinajstić information content (AvgIpc) is 2.68. The second-order valence-electron chi connectivity index (χ2n) is 6.88. The molecule has 2 heterocycles. The van der Waals surface area contributed by atoms with Crippen LogP contribution in [0.3, 0.4) is 0 Å². The molecule has 2 saturated heterocycles. The quantitative estimate of drug-likeness (QED) is 0.896. The number of carbonyl (C=O) groups is 2. The maximum atomic E-state index is 12.5. The van der Waals surface area contributed by atoms with E-state index in [1.54, 1.807) is 4.90 Å². The Kier molecular flexibility index (Phi) is 5.79. The molecule has 2 aliphatic heterocycles. The molecule has 0 aliphatic carbocycles. The van der Waals surface area contributed by atoms with Crippen LogP contribution in [-0.2, 0) is 4.74 Å². The Balaban J connectivity index is 1.47. The second-order valence-corrected chi connectivity index (χ2v) is 6.88. The molecular weight excluding hydrogens is 318 g/mol. The van der Waals surface area contributed by atoms with Gasteiger partial charge in [-0.25, -0.2) is 9.59 Å². The van der Waals surface area contributed by atoms with Crippen molar-refractivity contribution in [1.82, 2.24) is 15.1 Å². The first-order valence-corrected chi connectivity index (χ1v) is 9.10. The number of rotatable bonds is 2. The third-order valence-electron chi connectivity index (χ3n) is 5.23. The van der Waals surface area contributed by atoms with E-state index in [1.807, 2.05) is 11.0 Å². The summed E-state index contributed by atoms with van der Waals surface area (Å²) in [6, 6.07) is 10.5. The molecule has 0 unspecified atom stereocenters. The van der Waals surface area contributed by atoms with E-state index in [4.69, 9.17) is 4.74 Å². The molecule has 2 aliphatic rings.